The van der Waals surface area contributed by atoms with Crippen molar-refractivity contribution in [2.45, 2.75) is 52.0 Å². The molecule has 0 amide bonds. The van der Waals surface area contributed by atoms with Crippen LogP contribution in [0.2, 0.25) is 5.28 Å². The molecule has 0 spiro atoms. The van der Waals surface area contributed by atoms with E-state index in [1.54, 1.807) is 0 Å². The third-order valence-electron chi connectivity index (χ3n) is 3.62. The second kappa shape index (κ2) is 6.89. The molecule has 1 saturated carbocycles. The van der Waals surface area contributed by atoms with Gasteiger partial charge in [-0.15, -0.1) is 0 Å². The number of halogens is 1. The van der Waals surface area contributed by atoms with Crippen molar-refractivity contribution in [3.63, 3.8) is 0 Å². The highest BCUT2D eigenvalue weighted by atomic mass is 35.5. The van der Waals surface area contributed by atoms with E-state index in [0.29, 0.717) is 18.6 Å². The number of rotatable bonds is 5. The van der Waals surface area contributed by atoms with E-state index < -0.39 is 0 Å². The van der Waals surface area contributed by atoms with Gasteiger partial charge < -0.3 is 10.1 Å². The molecule has 5 nitrogen and oxygen atoms in total. The van der Waals surface area contributed by atoms with Crippen LogP contribution in [0.3, 0.4) is 0 Å². The number of ether oxygens (including phenoxy) is 1. The molecule has 0 bridgehead atoms. The Hall–Kier alpha value is -1.10. The number of hydrogen-bond acceptors (Lipinski definition) is 5. The van der Waals surface area contributed by atoms with E-state index >= 15 is 0 Å². The maximum atomic E-state index is 5.87. The van der Waals surface area contributed by atoms with Crippen LogP contribution in [-0.2, 0) is 0 Å². The standard InChI is InChI=1S/C13H21ClN4O/c1-3-9-5-7-10(8-6-9)15-12-16-11(14)17-13(18-12)19-4-2/h9-10H,3-8H2,1-2H3,(H,15,16,17,18). The van der Waals surface area contributed by atoms with Gasteiger partial charge in [0, 0.05) is 6.04 Å². The van der Waals surface area contributed by atoms with E-state index in [9.17, 15) is 0 Å². The van der Waals surface area contributed by atoms with Crippen molar-refractivity contribution in [1.29, 1.82) is 0 Å². The zero-order chi connectivity index (χ0) is 13.7. The van der Waals surface area contributed by atoms with Crippen LogP contribution in [0.5, 0.6) is 6.01 Å². The lowest BCUT2D eigenvalue weighted by atomic mass is 9.85. The fraction of sp³-hybridized carbons (Fsp3) is 0.769. The molecule has 1 aliphatic carbocycles. The maximum absolute atomic E-state index is 5.87. The van der Waals surface area contributed by atoms with Crippen molar-refractivity contribution in [2.75, 3.05) is 11.9 Å². The van der Waals surface area contributed by atoms with E-state index in [-0.39, 0.29) is 11.3 Å². The summed E-state index contributed by atoms with van der Waals surface area (Å²) in [6, 6.07) is 0.711. The lowest BCUT2D eigenvalue weighted by Gasteiger charge is -2.28. The van der Waals surface area contributed by atoms with Crippen LogP contribution in [0.4, 0.5) is 5.95 Å². The second-order valence-corrected chi connectivity index (χ2v) is 5.25. The van der Waals surface area contributed by atoms with Gasteiger partial charge in [-0.3, -0.25) is 0 Å². The molecule has 6 heteroatoms. The highest BCUT2D eigenvalue weighted by Crippen LogP contribution is 2.28. The minimum absolute atomic E-state index is 0.170. The number of nitrogens with zero attached hydrogens (tertiary/aromatic N) is 3. The van der Waals surface area contributed by atoms with Gasteiger partial charge in [0.25, 0.3) is 0 Å². The van der Waals surface area contributed by atoms with E-state index in [1.165, 1.54) is 19.3 Å². The average Bonchev–Trinajstić information content (AvgIpc) is 2.39. The number of anilines is 1. The van der Waals surface area contributed by atoms with Crippen molar-refractivity contribution in [3.8, 4) is 6.01 Å². The Balaban J connectivity index is 1.95. The molecule has 106 valence electrons. The van der Waals surface area contributed by atoms with E-state index in [2.05, 4.69) is 27.2 Å². The SMILES string of the molecule is CCOc1nc(Cl)nc(NC2CCC(CC)CC2)n1. The molecule has 0 atom stereocenters. The fourth-order valence-corrected chi connectivity index (χ4v) is 2.64. The Bertz CT molecular complexity index is 408. The van der Waals surface area contributed by atoms with Crippen LogP contribution in [0.15, 0.2) is 0 Å². The van der Waals surface area contributed by atoms with Crippen molar-refractivity contribution < 1.29 is 4.74 Å². The summed E-state index contributed by atoms with van der Waals surface area (Å²) in [6.07, 6.45) is 6.13. The van der Waals surface area contributed by atoms with E-state index in [1.807, 2.05) is 6.92 Å². The minimum Gasteiger partial charge on any atom is -0.464 e. The summed E-state index contributed by atoms with van der Waals surface area (Å²) in [5.41, 5.74) is 0. The predicted octanol–water partition coefficient (Wildman–Crippen LogP) is 3.30. The fourth-order valence-electron chi connectivity index (χ4n) is 2.49. The number of nitrogens with one attached hydrogen (secondary N) is 1. The molecule has 1 heterocycles. The van der Waals surface area contributed by atoms with Gasteiger partial charge >= 0.3 is 6.01 Å². The first-order valence-corrected chi connectivity index (χ1v) is 7.40. The Morgan fingerprint density at radius 3 is 2.53 bits per heavy atom. The number of hydrogen-bond donors (Lipinski definition) is 1. The summed E-state index contributed by atoms with van der Waals surface area (Å²) >= 11 is 5.87. The van der Waals surface area contributed by atoms with Crippen LogP contribution >= 0.6 is 11.6 Å². The molecule has 0 aliphatic heterocycles. The molecule has 0 saturated heterocycles. The zero-order valence-corrected chi connectivity index (χ0v) is 12.3. The van der Waals surface area contributed by atoms with Crippen molar-refractivity contribution in [2.24, 2.45) is 5.92 Å². The quantitative estimate of drug-likeness (QED) is 0.899. The normalized spacial score (nSPS) is 23.1. The van der Waals surface area contributed by atoms with Crippen molar-refractivity contribution >= 4 is 17.5 Å². The monoisotopic (exact) mass is 284 g/mol. The molecule has 0 unspecified atom stereocenters. The zero-order valence-electron chi connectivity index (χ0n) is 11.5. The lowest BCUT2D eigenvalue weighted by Crippen LogP contribution is -2.27. The molecule has 0 radical (unpaired) electrons. The van der Waals surface area contributed by atoms with Gasteiger partial charge in [0.2, 0.25) is 11.2 Å². The second-order valence-electron chi connectivity index (χ2n) is 4.91. The summed E-state index contributed by atoms with van der Waals surface area (Å²) in [5.74, 6) is 1.39. The third kappa shape index (κ3) is 4.20. The molecule has 0 aromatic carbocycles. The molecular weight excluding hydrogens is 264 g/mol. The van der Waals surface area contributed by atoms with E-state index in [4.69, 9.17) is 16.3 Å². The van der Waals surface area contributed by atoms with Gasteiger partial charge in [-0.2, -0.15) is 15.0 Å². The Kier molecular flexibility index (Phi) is 5.19. The Morgan fingerprint density at radius 2 is 1.89 bits per heavy atom. The number of aromatic nitrogens is 3. The lowest BCUT2D eigenvalue weighted by molar-refractivity contribution is 0.310. The third-order valence-corrected chi connectivity index (χ3v) is 3.79. The van der Waals surface area contributed by atoms with Gasteiger partial charge in [-0.1, -0.05) is 13.3 Å². The van der Waals surface area contributed by atoms with Gasteiger partial charge in [0.05, 0.1) is 6.61 Å². The molecule has 1 aromatic heterocycles. The molecule has 1 aromatic rings. The molecular formula is C13H21ClN4O. The van der Waals surface area contributed by atoms with Crippen LogP contribution < -0.4 is 10.1 Å². The van der Waals surface area contributed by atoms with Crippen LogP contribution in [0, 0.1) is 5.92 Å². The van der Waals surface area contributed by atoms with Gasteiger partial charge in [-0.25, -0.2) is 0 Å². The van der Waals surface area contributed by atoms with Crippen molar-refractivity contribution in [3.05, 3.63) is 5.28 Å². The van der Waals surface area contributed by atoms with Crippen LogP contribution in [-0.4, -0.2) is 27.6 Å². The summed E-state index contributed by atoms with van der Waals surface area (Å²) in [7, 11) is 0. The minimum atomic E-state index is 0.170. The van der Waals surface area contributed by atoms with Crippen LogP contribution in [0.1, 0.15) is 46.0 Å². The summed E-state index contributed by atoms with van der Waals surface area (Å²) in [5, 5.41) is 3.51. The molecule has 1 fully saturated rings. The van der Waals surface area contributed by atoms with Crippen molar-refractivity contribution in [1.82, 2.24) is 15.0 Å². The smallest absolute Gasteiger partial charge is 0.322 e. The highest BCUT2D eigenvalue weighted by molar-refractivity contribution is 6.28. The van der Waals surface area contributed by atoms with Gasteiger partial charge in [0.1, 0.15) is 0 Å². The predicted molar refractivity (Wildman–Crippen MR) is 75.7 cm³/mol. The van der Waals surface area contributed by atoms with Gasteiger partial charge in [0.15, 0.2) is 0 Å². The first kappa shape index (κ1) is 14.3. The maximum Gasteiger partial charge on any atom is 0.322 e. The largest absolute Gasteiger partial charge is 0.464 e. The topological polar surface area (TPSA) is 59.9 Å². The molecule has 2 rings (SSSR count). The molecule has 19 heavy (non-hydrogen) atoms. The first-order chi connectivity index (χ1) is 9.21. The molecule has 1 aliphatic rings. The Morgan fingerprint density at radius 1 is 1.16 bits per heavy atom. The summed E-state index contributed by atoms with van der Waals surface area (Å²) in [6.45, 7) is 4.66. The Labute approximate surface area is 119 Å². The average molecular weight is 285 g/mol. The summed E-state index contributed by atoms with van der Waals surface area (Å²) < 4.78 is 5.26. The highest BCUT2D eigenvalue weighted by Gasteiger charge is 2.20. The molecule has 1 N–H and O–H groups in total. The first-order valence-electron chi connectivity index (χ1n) is 7.02. The van der Waals surface area contributed by atoms with Gasteiger partial charge in [-0.05, 0) is 50.1 Å². The van der Waals surface area contributed by atoms with Crippen LogP contribution in [0.25, 0.3) is 0 Å². The summed E-state index contributed by atoms with van der Waals surface area (Å²) in [4.78, 5) is 12.2. The van der Waals surface area contributed by atoms with E-state index in [0.717, 1.165) is 18.8 Å².